The minimum atomic E-state index is -2.36. The van der Waals surface area contributed by atoms with Crippen LogP contribution in [0.3, 0.4) is 0 Å². The number of nitrogens with one attached hydrogen (secondary N) is 1. The smallest absolute Gasteiger partial charge is 0.268 e. The number of nitrogens with zero attached hydrogens (tertiary/aromatic N) is 1. The van der Waals surface area contributed by atoms with Gasteiger partial charge in [0.15, 0.2) is 0 Å². The molecule has 1 aliphatic rings. The molecular weight excluding hydrogens is 395 g/mol. The van der Waals surface area contributed by atoms with Crippen LogP contribution in [0.4, 0.5) is 4.39 Å². The Kier molecular flexibility index (Phi) is 4.80. The van der Waals surface area contributed by atoms with Gasteiger partial charge in [0.1, 0.15) is 0 Å². The molecular formula is C22H16ClFN2O3. The molecule has 1 aromatic heterocycles. The largest absolute Gasteiger partial charge is 0.293 e. The van der Waals surface area contributed by atoms with Crippen molar-refractivity contribution in [2.24, 2.45) is 0 Å². The second-order valence-corrected chi connectivity index (χ2v) is 7.18. The normalized spacial score (nSPS) is 19.1. The number of piperidine rings is 1. The molecule has 0 bridgehead atoms. The summed E-state index contributed by atoms with van der Waals surface area (Å²) in [5.74, 6) is -1.49. The molecule has 5 nitrogen and oxygen atoms in total. The number of rotatable bonds is 3. The number of alkyl halides is 1. The van der Waals surface area contributed by atoms with Crippen LogP contribution in [0.2, 0.25) is 5.02 Å². The predicted octanol–water partition coefficient (Wildman–Crippen LogP) is 3.76. The molecule has 146 valence electrons. The topological polar surface area (TPSA) is 68.2 Å². The molecule has 3 aromatic rings. The minimum absolute atomic E-state index is 0.0324. The van der Waals surface area contributed by atoms with E-state index in [0.717, 1.165) is 0 Å². The number of halogens is 2. The van der Waals surface area contributed by atoms with Gasteiger partial charge in [0.05, 0.1) is 5.02 Å². The molecule has 1 saturated heterocycles. The molecule has 0 aliphatic carbocycles. The average Bonchev–Trinajstić information content (AvgIpc) is 2.72. The monoisotopic (exact) mass is 410 g/mol. The standard InChI is InChI=1S/C22H16ClFN2O3/c23-20-16(4-3-5-17(20)22(24)12-11-18(27)25-21(22)29)14-7-9-15(10-8-14)26-13-2-1-6-19(26)28/h1-10,13H,11-12H2,(H,25,27,29)/t22-/m0/s1. The van der Waals surface area contributed by atoms with Gasteiger partial charge < -0.3 is 0 Å². The molecule has 29 heavy (non-hydrogen) atoms. The van der Waals surface area contributed by atoms with E-state index in [1.165, 1.54) is 16.7 Å². The highest BCUT2D eigenvalue weighted by Gasteiger charge is 2.46. The molecule has 0 unspecified atom stereocenters. The molecule has 7 heteroatoms. The summed E-state index contributed by atoms with van der Waals surface area (Å²) in [7, 11) is 0. The van der Waals surface area contributed by atoms with Crippen molar-refractivity contribution < 1.29 is 14.0 Å². The van der Waals surface area contributed by atoms with Crippen molar-refractivity contribution in [1.29, 1.82) is 0 Å². The third-order valence-corrected chi connectivity index (χ3v) is 5.42. The first kappa shape index (κ1) is 19.1. The second kappa shape index (κ2) is 7.29. The van der Waals surface area contributed by atoms with Gasteiger partial charge >= 0.3 is 0 Å². The molecule has 1 aliphatic heterocycles. The van der Waals surface area contributed by atoms with E-state index in [2.05, 4.69) is 0 Å². The van der Waals surface area contributed by atoms with Gasteiger partial charge in [-0.1, -0.05) is 48.0 Å². The fourth-order valence-electron chi connectivity index (χ4n) is 3.45. The van der Waals surface area contributed by atoms with Crippen molar-refractivity contribution in [2.45, 2.75) is 18.5 Å². The van der Waals surface area contributed by atoms with Crippen molar-refractivity contribution in [2.75, 3.05) is 0 Å². The quantitative estimate of drug-likeness (QED) is 0.668. The number of hydrogen-bond acceptors (Lipinski definition) is 3. The number of hydrogen-bond donors (Lipinski definition) is 1. The number of benzene rings is 2. The molecule has 0 saturated carbocycles. The molecule has 2 amide bonds. The lowest BCUT2D eigenvalue weighted by atomic mass is 9.85. The van der Waals surface area contributed by atoms with E-state index in [1.807, 2.05) is 5.32 Å². The Labute approximate surface area is 170 Å². The van der Waals surface area contributed by atoms with Crippen molar-refractivity contribution in [3.05, 3.63) is 87.8 Å². The summed E-state index contributed by atoms with van der Waals surface area (Å²) < 4.78 is 17.0. The van der Waals surface area contributed by atoms with Gasteiger partial charge in [-0.2, -0.15) is 0 Å². The summed E-state index contributed by atoms with van der Waals surface area (Å²) in [5.41, 5.74) is -0.544. The summed E-state index contributed by atoms with van der Waals surface area (Å²) in [6.45, 7) is 0. The third-order valence-electron chi connectivity index (χ3n) is 5.01. The molecule has 0 spiro atoms. The van der Waals surface area contributed by atoms with Crippen molar-refractivity contribution >= 4 is 23.4 Å². The van der Waals surface area contributed by atoms with Gasteiger partial charge in [-0.3, -0.25) is 24.3 Å². The first-order valence-electron chi connectivity index (χ1n) is 9.01. The fourth-order valence-corrected chi connectivity index (χ4v) is 3.83. The number of carbonyl (C=O) groups excluding carboxylic acids is 2. The number of pyridine rings is 1. The predicted molar refractivity (Wildman–Crippen MR) is 108 cm³/mol. The number of aromatic nitrogens is 1. The SMILES string of the molecule is O=C1CC[C@](F)(c2cccc(-c3ccc(-n4ccccc4=O)cc3)c2Cl)C(=O)N1. The van der Waals surface area contributed by atoms with E-state index in [1.54, 1.807) is 54.7 Å². The second-order valence-electron chi connectivity index (χ2n) is 6.80. The van der Waals surface area contributed by atoms with E-state index in [-0.39, 0.29) is 29.0 Å². The van der Waals surface area contributed by atoms with Crippen LogP contribution in [-0.2, 0) is 15.3 Å². The van der Waals surface area contributed by atoms with Crippen LogP contribution < -0.4 is 10.9 Å². The van der Waals surface area contributed by atoms with Crippen LogP contribution in [0.1, 0.15) is 18.4 Å². The Morgan fingerprint density at radius 3 is 2.41 bits per heavy atom. The first-order valence-corrected chi connectivity index (χ1v) is 9.38. The van der Waals surface area contributed by atoms with Crippen LogP contribution in [0.25, 0.3) is 16.8 Å². The summed E-state index contributed by atoms with van der Waals surface area (Å²) in [5, 5.41) is 2.16. The first-order chi connectivity index (χ1) is 13.9. The van der Waals surface area contributed by atoms with Gasteiger partial charge in [-0.05, 0) is 23.8 Å². The Balaban J connectivity index is 1.73. The van der Waals surface area contributed by atoms with Crippen molar-refractivity contribution in [3.8, 4) is 16.8 Å². The third kappa shape index (κ3) is 3.36. The van der Waals surface area contributed by atoms with Gasteiger partial charge in [0.2, 0.25) is 11.6 Å². The molecule has 2 aromatic carbocycles. The highest BCUT2D eigenvalue weighted by atomic mass is 35.5. The maximum absolute atomic E-state index is 15.5. The van der Waals surface area contributed by atoms with E-state index in [9.17, 15) is 14.4 Å². The van der Waals surface area contributed by atoms with Crippen LogP contribution in [0.15, 0.2) is 71.7 Å². The highest BCUT2D eigenvalue weighted by molar-refractivity contribution is 6.34. The lowest BCUT2D eigenvalue weighted by molar-refractivity contribution is -0.144. The van der Waals surface area contributed by atoms with E-state index >= 15 is 4.39 Å². The van der Waals surface area contributed by atoms with Crippen LogP contribution in [0.5, 0.6) is 0 Å². The minimum Gasteiger partial charge on any atom is -0.293 e. The van der Waals surface area contributed by atoms with Crippen LogP contribution in [-0.4, -0.2) is 16.4 Å². The number of imide groups is 1. The molecule has 2 heterocycles. The Morgan fingerprint density at radius 1 is 0.966 bits per heavy atom. The average molecular weight is 411 g/mol. The molecule has 1 fully saturated rings. The summed E-state index contributed by atoms with van der Waals surface area (Å²) in [4.78, 5) is 35.5. The Morgan fingerprint density at radius 2 is 1.72 bits per heavy atom. The van der Waals surface area contributed by atoms with Gasteiger partial charge in [0.25, 0.3) is 11.5 Å². The Hall–Kier alpha value is -3.25. The van der Waals surface area contributed by atoms with Crippen molar-refractivity contribution in [1.82, 2.24) is 9.88 Å². The summed E-state index contributed by atoms with van der Waals surface area (Å²) in [6, 6.07) is 16.8. The lowest BCUT2D eigenvalue weighted by Gasteiger charge is -2.29. The van der Waals surface area contributed by atoms with E-state index in [0.29, 0.717) is 16.8 Å². The van der Waals surface area contributed by atoms with Crippen LogP contribution in [0, 0.1) is 0 Å². The van der Waals surface area contributed by atoms with E-state index in [4.69, 9.17) is 11.6 Å². The molecule has 1 atom stereocenters. The molecule has 1 N–H and O–H groups in total. The highest BCUT2D eigenvalue weighted by Crippen LogP contribution is 2.42. The fraction of sp³-hybridized carbons (Fsp3) is 0.136. The van der Waals surface area contributed by atoms with Crippen LogP contribution >= 0.6 is 11.6 Å². The molecule has 4 rings (SSSR count). The summed E-state index contributed by atoms with van der Waals surface area (Å²) in [6.07, 6.45) is 1.32. The zero-order valence-corrected chi connectivity index (χ0v) is 15.9. The van der Waals surface area contributed by atoms with E-state index < -0.39 is 17.5 Å². The Bertz CT molecular complexity index is 1170. The molecule has 0 radical (unpaired) electrons. The maximum Gasteiger partial charge on any atom is 0.268 e. The zero-order chi connectivity index (χ0) is 20.6. The van der Waals surface area contributed by atoms with Gasteiger partial charge in [-0.15, -0.1) is 0 Å². The van der Waals surface area contributed by atoms with Crippen molar-refractivity contribution in [3.63, 3.8) is 0 Å². The van der Waals surface area contributed by atoms with Gasteiger partial charge in [0, 0.05) is 41.9 Å². The van der Waals surface area contributed by atoms with Gasteiger partial charge in [-0.25, -0.2) is 4.39 Å². The number of amides is 2. The number of carbonyl (C=O) groups is 2. The zero-order valence-electron chi connectivity index (χ0n) is 15.2. The maximum atomic E-state index is 15.5. The lowest BCUT2D eigenvalue weighted by Crippen LogP contribution is -2.49. The summed E-state index contributed by atoms with van der Waals surface area (Å²) >= 11 is 6.49.